The third-order valence-corrected chi connectivity index (χ3v) is 5.00. The second kappa shape index (κ2) is 3.22. The van der Waals surface area contributed by atoms with Crippen LogP contribution in [0.3, 0.4) is 0 Å². The van der Waals surface area contributed by atoms with E-state index in [1.165, 1.54) is 0 Å². The summed E-state index contributed by atoms with van der Waals surface area (Å²) >= 11 is 0. The van der Waals surface area contributed by atoms with Crippen LogP contribution in [-0.4, -0.2) is 43.6 Å². The molecule has 76 valence electrons. The van der Waals surface area contributed by atoms with Crippen molar-refractivity contribution in [2.75, 3.05) is 19.6 Å². The van der Waals surface area contributed by atoms with E-state index in [0.717, 1.165) is 19.4 Å². The Kier molecular flexibility index (Phi) is 2.33. The average molecular weight is 204 g/mol. The fraction of sp³-hybridized carbons (Fsp3) is 1.00. The molecular weight excluding hydrogens is 188 g/mol. The highest BCUT2D eigenvalue weighted by Gasteiger charge is 2.40. The third-order valence-electron chi connectivity index (χ3n) is 2.64. The second-order valence-electron chi connectivity index (χ2n) is 3.96. The molecule has 0 aromatic carbocycles. The zero-order valence-electron chi connectivity index (χ0n) is 7.86. The largest absolute Gasteiger partial charge is 0.312 e. The van der Waals surface area contributed by atoms with Gasteiger partial charge in [0.1, 0.15) is 0 Å². The summed E-state index contributed by atoms with van der Waals surface area (Å²) in [6.07, 6.45) is 1.72. The van der Waals surface area contributed by atoms with Crippen LogP contribution in [0.1, 0.15) is 19.8 Å². The Hall–Kier alpha value is -0.130. The fourth-order valence-electron chi connectivity index (χ4n) is 1.70. The molecule has 0 aromatic heterocycles. The van der Waals surface area contributed by atoms with Crippen molar-refractivity contribution < 1.29 is 8.42 Å². The van der Waals surface area contributed by atoms with Crippen molar-refractivity contribution >= 4 is 10.0 Å². The van der Waals surface area contributed by atoms with Gasteiger partial charge in [-0.05, 0) is 19.8 Å². The molecule has 0 amide bonds. The van der Waals surface area contributed by atoms with E-state index in [2.05, 4.69) is 5.32 Å². The normalized spacial score (nSPS) is 31.9. The molecule has 0 spiro atoms. The summed E-state index contributed by atoms with van der Waals surface area (Å²) < 4.78 is 25.2. The van der Waals surface area contributed by atoms with Crippen LogP contribution < -0.4 is 5.32 Å². The van der Waals surface area contributed by atoms with Gasteiger partial charge in [0, 0.05) is 25.7 Å². The van der Waals surface area contributed by atoms with Crippen LogP contribution >= 0.6 is 0 Å². The maximum absolute atomic E-state index is 11.8. The summed E-state index contributed by atoms with van der Waals surface area (Å²) in [5.74, 6) is 0. The van der Waals surface area contributed by atoms with Crippen LogP contribution in [0.4, 0.5) is 0 Å². The lowest BCUT2D eigenvalue weighted by Crippen LogP contribution is -2.52. The van der Waals surface area contributed by atoms with Gasteiger partial charge in [-0.2, -0.15) is 4.31 Å². The van der Waals surface area contributed by atoms with Crippen LogP contribution in [0.15, 0.2) is 0 Å². The van der Waals surface area contributed by atoms with E-state index in [-0.39, 0.29) is 5.25 Å². The SMILES string of the molecule is CC1CN(S(=O)(=O)C2CC2)CCN1. The number of piperazine rings is 1. The first kappa shape index (κ1) is 9.43. The van der Waals surface area contributed by atoms with Gasteiger partial charge >= 0.3 is 0 Å². The lowest BCUT2D eigenvalue weighted by Gasteiger charge is -2.30. The predicted molar refractivity (Wildman–Crippen MR) is 51.0 cm³/mol. The predicted octanol–water partition coefficient (Wildman–Crippen LogP) is -0.228. The molecule has 1 atom stereocenters. The Labute approximate surface area is 79.4 Å². The number of hydrogen-bond donors (Lipinski definition) is 1. The van der Waals surface area contributed by atoms with Crippen molar-refractivity contribution in [1.29, 1.82) is 0 Å². The first-order chi connectivity index (χ1) is 6.10. The molecule has 2 rings (SSSR count). The monoisotopic (exact) mass is 204 g/mol. The minimum absolute atomic E-state index is 0.0576. The molecule has 13 heavy (non-hydrogen) atoms. The Morgan fingerprint density at radius 1 is 1.38 bits per heavy atom. The maximum atomic E-state index is 11.8. The lowest BCUT2D eigenvalue weighted by molar-refractivity contribution is 0.310. The Balaban J connectivity index is 2.06. The molecule has 0 bridgehead atoms. The summed E-state index contributed by atoms with van der Waals surface area (Å²) in [5, 5.41) is 3.18. The van der Waals surface area contributed by atoms with Crippen molar-refractivity contribution in [3.05, 3.63) is 0 Å². The summed E-state index contributed by atoms with van der Waals surface area (Å²) in [6.45, 7) is 4.09. The number of nitrogens with one attached hydrogen (secondary N) is 1. The average Bonchev–Trinajstić information content (AvgIpc) is 2.86. The molecule has 0 radical (unpaired) electrons. The van der Waals surface area contributed by atoms with Gasteiger partial charge in [0.15, 0.2) is 0 Å². The van der Waals surface area contributed by atoms with E-state index in [9.17, 15) is 8.42 Å². The van der Waals surface area contributed by atoms with Crippen LogP contribution in [0.2, 0.25) is 0 Å². The molecule has 5 heteroatoms. The molecule has 1 saturated heterocycles. The Morgan fingerprint density at radius 2 is 2.08 bits per heavy atom. The standard InChI is InChI=1S/C8H16N2O2S/c1-7-6-10(5-4-9-7)13(11,12)8-2-3-8/h7-9H,2-6H2,1H3. The van der Waals surface area contributed by atoms with Crippen molar-refractivity contribution in [3.63, 3.8) is 0 Å². The third kappa shape index (κ3) is 1.87. The van der Waals surface area contributed by atoms with E-state index in [1.807, 2.05) is 6.92 Å². The lowest BCUT2D eigenvalue weighted by atomic mass is 10.3. The van der Waals surface area contributed by atoms with Crippen LogP contribution in [0, 0.1) is 0 Å². The molecule has 4 nitrogen and oxygen atoms in total. The van der Waals surface area contributed by atoms with E-state index < -0.39 is 10.0 Å². The highest BCUT2D eigenvalue weighted by molar-refractivity contribution is 7.90. The van der Waals surface area contributed by atoms with Gasteiger partial charge in [0.05, 0.1) is 5.25 Å². The smallest absolute Gasteiger partial charge is 0.217 e. The minimum atomic E-state index is -2.93. The molecule has 1 aliphatic carbocycles. The molecule has 1 unspecified atom stereocenters. The fourth-order valence-corrected chi connectivity index (χ4v) is 3.64. The number of sulfonamides is 1. The van der Waals surface area contributed by atoms with Gasteiger partial charge in [-0.1, -0.05) is 0 Å². The van der Waals surface area contributed by atoms with Gasteiger partial charge in [0.25, 0.3) is 0 Å². The number of rotatable bonds is 2. The maximum Gasteiger partial charge on any atom is 0.217 e. The molecule has 2 fully saturated rings. The highest BCUT2D eigenvalue weighted by Crippen LogP contribution is 2.31. The summed E-state index contributed by atoms with van der Waals surface area (Å²) in [5.41, 5.74) is 0. The molecule has 1 heterocycles. The molecule has 2 aliphatic rings. The molecule has 1 N–H and O–H groups in total. The van der Waals surface area contributed by atoms with Crippen molar-refractivity contribution in [2.24, 2.45) is 0 Å². The second-order valence-corrected chi connectivity index (χ2v) is 6.17. The first-order valence-corrected chi connectivity index (χ1v) is 6.33. The summed E-state index contributed by atoms with van der Waals surface area (Å²) in [6, 6.07) is 0.294. The highest BCUT2D eigenvalue weighted by atomic mass is 32.2. The van der Waals surface area contributed by atoms with Crippen molar-refractivity contribution in [1.82, 2.24) is 9.62 Å². The van der Waals surface area contributed by atoms with E-state index >= 15 is 0 Å². The van der Waals surface area contributed by atoms with E-state index in [4.69, 9.17) is 0 Å². The molecule has 1 aliphatic heterocycles. The van der Waals surface area contributed by atoms with Gasteiger partial charge in [0.2, 0.25) is 10.0 Å². The topological polar surface area (TPSA) is 49.4 Å². The minimum Gasteiger partial charge on any atom is -0.312 e. The summed E-state index contributed by atoms with van der Waals surface area (Å²) in [4.78, 5) is 0. The van der Waals surface area contributed by atoms with Gasteiger partial charge < -0.3 is 5.32 Å². The van der Waals surface area contributed by atoms with Gasteiger partial charge in [-0.25, -0.2) is 8.42 Å². The van der Waals surface area contributed by atoms with E-state index in [1.54, 1.807) is 4.31 Å². The molecule has 0 aromatic rings. The van der Waals surface area contributed by atoms with Crippen LogP contribution in [0.25, 0.3) is 0 Å². The van der Waals surface area contributed by atoms with Crippen LogP contribution in [-0.2, 0) is 10.0 Å². The van der Waals surface area contributed by atoms with Crippen molar-refractivity contribution in [2.45, 2.75) is 31.1 Å². The van der Waals surface area contributed by atoms with Crippen molar-refractivity contribution in [3.8, 4) is 0 Å². The first-order valence-electron chi connectivity index (χ1n) is 4.83. The van der Waals surface area contributed by atoms with Gasteiger partial charge in [-0.3, -0.25) is 0 Å². The molecule has 1 saturated carbocycles. The number of hydrogen-bond acceptors (Lipinski definition) is 3. The zero-order valence-corrected chi connectivity index (χ0v) is 8.68. The Morgan fingerprint density at radius 3 is 2.62 bits per heavy atom. The summed E-state index contributed by atoms with van der Waals surface area (Å²) in [7, 11) is -2.93. The zero-order chi connectivity index (χ0) is 9.47. The van der Waals surface area contributed by atoms with Crippen LogP contribution in [0.5, 0.6) is 0 Å². The molecular formula is C8H16N2O2S. The van der Waals surface area contributed by atoms with Gasteiger partial charge in [-0.15, -0.1) is 0 Å². The van der Waals surface area contributed by atoms with E-state index in [0.29, 0.717) is 19.1 Å². The Bertz CT molecular complexity index is 285. The number of nitrogens with zero attached hydrogens (tertiary/aromatic N) is 1. The quantitative estimate of drug-likeness (QED) is 0.676.